The van der Waals surface area contributed by atoms with Gasteiger partial charge in [-0.3, -0.25) is 14.7 Å². The summed E-state index contributed by atoms with van der Waals surface area (Å²) in [6.07, 6.45) is -3.36. The molecule has 9 heteroatoms. The molecule has 1 aromatic heterocycles. The number of nitrogens with one attached hydrogen (secondary N) is 1. The van der Waals surface area contributed by atoms with Crippen molar-refractivity contribution in [3.8, 4) is 0 Å². The Labute approximate surface area is 173 Å². The highest BCUT2D eigenvalue weighted by Crippen LogP contribution is 2.29. The van der Waals surface area contributed by atoms with Gasteiger partial charge in [0.05, 0.1) is 11.3 Å². The Morgan fingerprint density at radius 3 is 2.63 bits per heavy atom. The Kier molecular flexibility index (Phi) is 6.48. The summed E-state index contributed by atoms with van der Waals surface area (Å²) < 4.78 is 38.8. The normalized spacial score (nSPS) is 15.4. The highest BCUT2D eigenvalue weighted by molar-refractivity contribution is 5.80. The lowest BCUT2D eigenvalue weighted by Gasteiger charge is -2.23. The number of nitrogens with zero attached hydrogens (tertiary/aromatic N) is 3. The highest BCUT2D eigenvalue weighted by Gasteiger charge is 2.31. The average Bonchev–Trinajstić information content (AvgIpc) is 2.89. The van der Waals surface area contributed by atoms with E-state index in [1.807, 2.05) is 13.8 Å². The fourth-order valence-corrected chi connectivity index (χ4v) is 3.68. The van der Waals surface area contributed by atoms with Crippen molar-refractivity contribution in [2.45, 2.75) is 45.8 Å². The number of benzene rings is 1. The van der Waals surface area contributed by atoms with Gasteiger partial charge in [-0.25, -0.2) is 0 Å². The van der Waals surface area contributed by atoms with E-state index in [1.54, 1.807) is 11.0 Å². The number of carbonyl (C=O) groups is 2. The van der Waals surface area contributed by atoms with E-state index in [1.165, 1.54) is 11.0 Å². The number of carbonyl (C=O) groups excluding carboxylic acids is 2. The Hall–Kier alpha value is -2.84. The van der Waals surface area contributed by atoms with Crippen molar-refractivity contribution in [2.75, 3.05) is 19.6 Å². The first kappa shape index (κ1) is 21.9. The second kappa shape index (κ2) is 8.89. The number of H-pyrrole nitrogens is 1. The number of aromatic amines is 1. The highest BCUT2D eigenvalue weighted by atomic mass is 19.4. The molecule has 0 saturated carbocycles. The first-order chi connectivity index (χ1) is 14.1. The van der Waals surface area contributed by atoms with Crippen LogP contribution >= 0.6 is 0 Å². The van der Waals surface area contributed by atoms with Gasteiger partial charge >= 0.3 is 6.18 Å². The van der Waals surface area contributed by atoms with Crippen LogP contribution in [0.3, 0.4) is 0 Å². The lowest BCUT2D eigenvalue weighted by Crippen LogP contribution is -2.35. The topological polar surface area (TPSA) is 69.3 Å². The van der Waals surface area contributed by atoms with Gasteiger partial charge in [0.25, 0.3) is 0 Å². The Balaban J connectivity index is 1.59. The van der Waals surface area contributed by atoms with E-state index in [9.17, 15) is 22.8 Å². The van der Waals surface area contributed by atoms with Gasteiger partial charge in [0.15, 0.2) is 0 Å². The van der Waals surface area contributed by atoms with Gasteiger partial charge < -0.3 is 9.80 Å². The van der Waals surface area contributed by atoms with Gasteiger partial charge in [-0.15, -0.1) is 0 Å². The fraction of sp³-hybridized carbons (Fsp3) is 0.476. The number of amides is 2. The van der Waals surface area contributed by atoms with E-state index in [2.05, 4.69) is 10.2 Å². The fourth-order valence-electron chi connectivity index (χ4n) is 3.68. The summed E-state index contributed by atoms with van der Waals surface area (Å²) >= 11 is 0. The molecule has 0 spiro atoms. The van der Waals surface area contributed by atoms with Crippen molar-refractivity contribution in [2.24, 2.45) is 0 Å². The summed E-state index contributed by atoms with van der Waals surface area (Å²) in [6.45, 7) is 4.88. The van der Waals surface area contributed by atoms with Crippen molar-refractivity contribution in [1.82, 2.24) is 20.0 Å². The molecule has 1 aliphatic rings. The number of rotatable bonds is 5. The van der Waals surface area contributed by atoms with E-state index >= 15 is 0 Å². The Morgan fingerprint density at radius 2 is 1.97 bits per heavy atom. The van der Waals surface area contributed by atoms with Gasteiger partial charge in [0.2, 0.25) is 11.8 Å². The molecule has 1 fully saturated rings. The third-order valence-corrected chi connectivity index (χ3v) is 5.44. The Morgan fingerprint density at radius 1 is 1.20 bits per heavy atom. The maximum atomic E-state index is 12.9. The summed E-state index contributed by atoms with van der Waals surface area (Å²) in [5.74, 6) is -0.201. The predicted octanol–water partition coefficient (Wildman–Crippen LogP) is 3.24. The molecule has 1 aliphatic heterocycles. The summed E-state index contributed by atoms with van der Waals surface area (Å²) in [4.78, 5) is 28.3. The summed E-state index contributed by atoms with van der Waals surface area (Å²) in [5, 5.41) is 7.03. The van der Waals surface area contributed by atoms with Crippen LogP contribution in [0.1, 0.15) is 40.9 Å². The largest absolute Gasteiger partial charge is 0.416 e. The first-order valence-electron chi connectivity index (χ1n) is 9.87. The quantitative estimate of drug-likeness (QED) is 0.804. The zero-order valence-corrected chi connectivity index (χ0v) is 17.1. The molecule has 1 aromatic carbocycles. The second-order valence-electron chi connectivity index (χ2n) is 7.56. The van der Waals surface area contributed by atoms with Crippen molar-refractivity contribution < 1.29 is 22.8 Å². The van der Waals surface area contributed by atoms with E-state index in [-0.39, 0.29) is 24.8 Å². The minimum atomic E-state index is -4.42. The molecule has 2 amide bonds. The van der Waals surface area contributed by atoms with Crippen LogP contribution < -0.4 is 0 Å². The number of aromatic nitrogens is 2. The van der Waals surface area contributed by atoms with Crippen molar-refractivity contribution in [3.05, 3.63) is 52.3 Å². The molecule has 0 unspecified atom stereocenters. The van der Waals surface area contributed by atoms with Gasteiger partial charge in [-0.1, -0.05) is 12.1 Å². The third-order valence-electron chi connectivity index (χ3n) is 5.44. The molecule has 0 bridgehead atoms. The zero-order valence-electron chi connectivity index (χ0n) is 17.1. The van der Waals surface area contributed by atoms with Gasteiger partial charge in [0, 0.05) is 44.7 Å². The molecular weight excluding hydrogens is 397 g/mol. The molecule has 2 heterocycles. The Bertz CT molecular complexity index is 904. The minimum absolute atomic E-state index is 0.0382. The van der Waals surface area contributed by atoms with E-state index < -0.39 is 11.7 Å². The van der Waals surface area contributed by atoms with Crippen LogP contribution in [0.4, 0.5) is 13.2 Å². The molecule has 0 aliphatic carbocycles. The van der Waals surface area contributed by atoms with E-state index in [4.69, 9.17) is 0 Å². The molecule has 162 valence electrons. The van der Waals surface area contributed by atoms with E-state index in [0.29, 0.717) is 38.0 Å². The molecule has 30 heavy (non-hydrogen) atoms. The number of alkyl halides is 3. The maximum Gasteiger partial charge on any atom is 0.416 e. The number of hydrogen-bond donors (Lipinski definition) is 1. The molecular formula is C21H25F3N4O2. The van der Waals surface area contributed by atoms with Crippen molar-refractivity contribution in [3.63, 3.8) is 0 Å². The number of hydrogen-bond acceptors (Lipinski definition) is 3. The smallest absolute Gasteiger partial charge is 0.340 e. The predicted molar refractivity (Wildman–Crippen MR) is 104 cm³/mol. The summed E-state index contributed by atoms with van der Waals surface area (Å²) in [5.41, 5.74) is 2.53. The van der Waals surface area contributed by atoms with Crippen LogP contribution in [-0.2, 0) is 28.7 Å². The molecule has 0 radical (unpaired) electrons. The third kappa shape index (κ3) is 5.20. The molecule has 0 atom stereocenters. The monoisotopic (exact) mass is 422 g/mol. The van der Waals surface area contributed by atoms with E-state index in [0.717, 1.165) is 29.1 Å². The van der Waals surface area contributed by atoms with Crippen LogP contribution in [0, 0.1) is 13.8 Å². The van der Waals surface area contributed by atoms with Crippen LogP contribution in [0.2, 0.25) is 0 Å². The SMILES string of the molecule is Cc1n[nH]c(C)c1CCC(=O)N1CCC(=O)N(Cc2cccc(C(F)(F)F)c2)CC1. The average molecular weight is 422 g/mol. The number of aryl methyl sites for hydroxylation is 2. The van der Waals surface area contributed by atoms with Crippen molar-refractivity contribution in [1.29, 1.82) is 0 Å². The second-order valence-corrected chi connectivity index (χ2v) is 7.56. The minimum Gasteiger partial charge on any atom is -0.340 e. The maximum absolute atomic E-state index is 12.9. The zero-order chi connectivity index (χ0) is 21.9. The lowest BCUT2D eigenvalue weighted by molar-refractivity contribution is -0.137. The van der Waals surface area contributed by atoms with Crippen molar-refractivity contribution >= 4 is 11.8 Å². The van der Waals surface area contributed by atoms with Crippen LogP contribution in [0.15, 0.2) is 24.3 Å². The summed E-state index contributed by atoms with van der Waals surface area (Å²) in [6, 6.07) is 5.00. The molecule has 1 N–H and O–H groups in total. The van der Waals surface area contributed by atoms with Crippen LogP contribution in [0.25, 0.3) is 0 Å². The first-order valence-corrected chi connectivity index (χ1v) is 9.87. The van der Waals surface area contributed by atoms with Crippen LogP contribution in [-0.4, -0.2) is 51.4 Å². The lowest BCUT2D eigenvalue weighted by atomic mass is 10.1. The standard InChI is InChI=1S/C21H25F3N4O2/c1-14-18(15(2)26-25-14)6-7-19(29)27-9-8-20(30)28(11-10-27)13-16-4-3-5-17(12-16)21(22,23)24/h3-5,12H,6-11,13H2,1-2H3,(H,25,26). The summed E-state index contributed by atoms with van der Waals surface area (Å²) in [7, 11) is 0. The molecule has 1 saturated heterocycles. The molecule has 2 aromatic rings. The van der Waals surface area contributed by atoms with Crippen LogP contribution in [0.5, 0.6) is 0 Å². The van der Waals surface area contributed by atoms with Gasteiger partial charge in [0.1, 0.15) is 0 Å². The molecule has 3 rings (SSSR count). The number of halogens is 3. The van der Waals surface area contributed by atoms with Gasteiger partial charge in [-0.05, 0) is 43.5 Å². The molecule has 6 nitrogen and oxygen atoms in total. The van der Waals surface area contributed by atoms with Gasteiger partial charge in [-0.2, -0.15) is 18.3 Å².